The monoisotopic (exact) mass is 143 g/mol. The lowest BCUT2D eigenvalue weighted by atomic mass is 9.98. The van der Waals surface area contributed by atoms with Gasteiger partial charge in [-0.15, -0.1) is 0 Å². The molecule has 1 atom stereocenters. The highest BCUT2D eigenvalue weighted by Gasteiger charge is 2.04. The average Bonchev–Trinajstić information content (AvgIpc) is 1.88. The normalized spacial score (nSPS) is 14.1. The van der Waals surface area contributed by atoms with Gasteiger partial charge in [-0.25, -0.2) is 0 Å². The Hall–Kier alpha value is -0.0400. The summed E-state index contributed by atoms with van der Waals surface area (Å²) in [5.41, 5.74) is 0. The van der Waals surface area contributed by atoms with Crippen LogP contribution in [0.2, 0.25) is 0 Å². The molecule has 0 aromatic rings. The van der Waals surface area contributed by atoms with E-state index in [1.54, 1.807) is 0 Å². The molecule has 0 bridgehead atoms. The van der Waals surface area contributed by atoms with Crippen molar-refractivity contribution in [1.29, 1.82) is 0 Å². The van der Waals surface area contributed by atoms with Crippen molar-refractivity contribution >= 4 is 0 Å². The SMILES string of the molecule is CCCNC[C@@H](C)C(C)C. The van der Waals surface area contributed by atoms with Crippen molar-refractivity contribution in [3.05, 3.63) is 0 Å². The van der Waals surface area contributed by atoms with Crippen molar-refractivity contribution in [3.63, 3.8) is 0 Å². The Labute approximate surface area is 65.2 Å². The molecule has 0 fully saturated rings. The Balaban J connectivity index is 3.13. The number of hydrogen-bond acceptors (Lipinski definition) is 1. The first-order valence-electron chi connectivity index (χ1n) is 4.39. The van der Waals surface area contributed by atoms with Crippen LogP contribution in [-0.4, -0.2) is 13.1 Å². The first kappa shape index (κ1) is 9.96. The molecular weight excluding hydrogens is 122 g/mol. The van der Waals surface area contributed by atoms with E-state index in [9.17, 15) is 0 Å². The van der Waals surface area contributed by atoms with Gasteiger partial charge in [0.1, 0.15) is 0 Å². The fraction of sp³-hybridized carbons (Fsp3) is 1.00. The third-order valence-corrected chi connectivity index (χ3v) is 2.03. The molecule has 1 nitrogen and oxygen atoms in total. The molecule has 0 aromatic heterocycles. The summed E-state index contributed by atoms with van der Waals surface area (Å²) in [6.45, 7) is 11.4. The van der Waals surface area contributed by atoms with Crippen molar-refractivity contribution < 1.29 is 0 Å². The van der Waals surface area contributed by atoms with E-state index in [-0.39, 0.29) is 0 Å². The van der Waals surface area contributed by atoms with Gasteiger partial charge in [-0.3, -0.25) is 0 Å². The molecule has 0 radical (unpaired) electrons. The van der Waals surface area contributed by atoms with E-state index in [4.69, 9.17) is 0 Å². The first-order valence-corrected chi connectivity index (χ1v) is 4.39. The van der Waals surface area contributed by atoms with Crippen molar-refractivity contribution in [2.45, 2.75) is 34.1 Å². The van der Waals surface area contributed by atoms with Gasteiger partial charge in [0.2, 0.25) is 0 Å². The second-order valence-corrected chi connectivity index (χ2v) is 3.43. The lowest BCUT2D eigenvalue weighted by Crippen LogP contribution is -2.24. The maximum atomic E-state index is 3.42. The van der Waals surface area contributed by atoms with Crippen LogP contribution in [0.15, 0.2) is 0 Å². The van der Waals surface area contributed by atoms with Crippen molar-refractivity contribution in [2.75, 3.05) is 13.1 Å². The molecule has 0 aromatic carbocycles. The predicted molar refractivity (Wildman–Crippen MR) is 47.2 cm³/mol. The standard InChI is InChI=1S/C9H21N/c1-5-6-10-7-9(4)8(2)3/h8-10H,5-7H2,1-4H3/t9-/m1/s1. The number of hydrogen-bond donors (Lipinski definition) is 1. The van der Waals surface area contributed by atoms with Crippen LogP contribution < -0.4 is 5.32 Å². The summed E-state index contributed by atoms with van der Waals surface area (Å²) < 4.78 is 0. The van der Waals surface area contributed by atoms with Crippen LogP contribution in [0.5, 0.6) is 0 Å². The summed E-state index contributed by atoms with van der Waals surface area (Å²) in [4.78, 5) is 0. The molecule has 0 unspecified atom stereocenters. The van der Waals surface area contributed by atoms with Crippen LogP contribution >= 0.6 is 0 Å². The maximum absolute atomic E-state index is 3.42. The Morgan fingerprint density at radius 2 is 1.80 bits per heavy atom. The Morgan fingerprint density at radius 1 is 1.20 bits per heavy atom. The lowest BCUT2D eigenvalue weighted by Gasteiger charge is -2.15. The van der Waals surface area contributed by atoms with Crippen LogP contribution in [0.3, 0.4) is 0 Å². The summed E-state index contributed by atoms with van der Waals surface area (Å²) >= 11 is 0. The molecule has 1 N–H and O–H groups in total. The minimum Gasteiger partial charge on any atom is -0.316 e. The van der Waals surface area contributed by atoms with Gasteiger partial charge in [-0.1, -0.05) is 27.7 Å². The zero-order chi connectivity index (χ0) is 7.98. The van der Waals surface area contributed by atoms with Crippen molar-refractivity contribution in [3.8, 4) is 0 Å². The lowest BCUT2D eigenvalue weighted by molar-refractivity contribution is 0.393. The quantitative estimate of drug-likeness (QED) is 0.582. The van der Waals surface area contributed by atoms with E-state index >= 15 is 0 Å². The third-order valence-electron chi connectivity index (χ3n) is 2.03. The van der Waals surface area contributed by atoms with E-state index in [1.165, 1.54) is 13.0 Å². The molecule has 0 saturated carbocycles. The van der Waals surface area contributed by atoms with Crippen molar-refractivity contribution in [1.82, 2.24) is 5.32 Å². The highest BCUT2D eigenvalue weighted by atomic mass is 14.8. The summed E-state index contributed by atoms with van der Waals surface area (Å²) in [6, 6.07) is 0. The van der Waals surface area contributed by atoms with Gasteiger partial charge in [0.15, 0.2) is 0 Å². The molecule has 10 heavy (non-hydrogen) atoms. The van der Waals surface area contributed by atoms with E-state index in [2.05, 4.69) is 33.0 Å². The van der Waals surface area contributed by atoms with Crippen LogP contribution in [-0.2, 0) is 0 Å². The number of nitrogens with one attached hydrogen (secondary N) is 1. The van der Waals surface area contributed by atoms with Gasteiger partial charge in [0.25, 0.3) is 0 Å². The van der Waals surface area contributed by atoms with E-state index in [0.29, 0.717) is 0 Å². The predicted octanol–water partition coefficient (Wildman–Crippen LogP) is 2.28. The van der Waals surface area contributed by atoms with Crippen LogP contribution in [0.25, 0.3) is 0 Å². The second kappa shape index (κ2) is 5.72. The first-order chi connectivity index (χ1) is 4.68. The summed E-state index contributed by atoms with van der Waals surface area (Å²) in [7, 11) is 0. The molecule has 62 valence electrons. The largest absolute Gasteiger partial charge is 0.316 e. The maximum Gasteiger partial charge on any atom is -0.00207 e. The summed E-state index contributed by atoms with van der Waals surface area (Å²) in [5, 5.41) is 3.42. The average molecular weight is 143 g/mol. The van der Waals surface area contributed by atoms with Gasteiger partial charge < -0.3 is 5.32 Å². The van der Waals surface area contributed by atoms with Gasteiger partial charge >= 0.3 is 0 Å². The van der Waals surface area contributed by atoms with Gasteiger partial charge in [-0.05, 0) is 31.3 Å². The second-order valence-electron chi connectivity index (χ2n) is 3.43. The fourth-order valence-corrected chi connectivity index (χ4v) is 0.742. The Bertz CT molecular complexity index is 69.1. The molecule has 0 saturated heterocycles. The van der Waals surface area contributed by atoms with E-state index in [1.807, 2.05) is 0 Å². The van der Waals surface area contributed by atoms with Gasteiger partial charge in [0.05, 0.1) is 0 Å². The van der Waals surface area contributed by atoms with Crippen LogP contribution in [0, 0.1) is 11.8 Å². The molecule has 0 spiro atoms. The summed E-state index contributed by atoms with van der Waals surface area (Å²) in [6.07, 6.45) is 1.24. The molecule has 0 aliphatic rings. The van der Waals surface area contributed by atoms with Crippen molar-refractivity contribution in [2.24, 2.45) is 11.8 Å². The molecule has 0 heterocycles. The minimum absolute atomic E-state index is 0.810. The minimum atomic E-state index is 0.810. The Kier molecular flexibility index (Phi) is 5.70. The fourth-order valence-electron chi connectivity index (χ4n) is 0.742. The van der Waals surface area contributed by atoms with Gasteiger partial charge in [0, 0.05) is 0 Å². The summed E-state index contributed by atoms with van der Waals surface area (Å²) in [5.74, 6) is 1.62. The highest BCUT2D eigenvalue weighted by molar-refractivity contribution is 4.59. The van der Waals surface area contributed by atoms with Crippen LogP contribution in [0.1, 0.15) is 34.1 Å². The molecule has 1 heteroatoms. The molecule has 0 amide bonds. The zero-order valence-corrected chi connectivity index (χ0v) is 7.78. The molecule has 0 aliphatic heterocycles. The van der Waals surface area contributed by atoms with Gasteiger partial charge in [-0.2, -0.15) is 0 Å². The zero-order valence-electron chi connectivity index (χ0n) is 7.78. The topological polar surface area (TPSA) is 12.0 Å². The van der Waals surface area contributed by atoms with E-state index < -0.39 is 0 Å². The molecule has 0 rings (SSSR count). The van der Waals surface area contributed by atoms with Crippen LogP contribution in [0.4, 0.5) is 0 Å². The Morgan fingerprint density at radius 3 is 2.20 bits per heavy atom. The third kappa shape index (κ3) is 4.80. The highest BCUT2D eigenvalue weighted by Crippen LogP contribution is 2.07. The van der Waals surface area contributed by atoms with E-state index in [0.717, 1.165) is 18.4 Å². The smallest absolute Gasteiger partial charge is 0.00207 e. The molecule has 0 aliphatic carbocycles. The number of rotatable bonds is 5. The molecular formula is C9H21N.